The summed E-state index contributed by atoms with van der Waals surface area (Å²) in [7, 11) is 0. The highest BCUT2D eigenvalue weighted by atomic mass is 19.4. The maximum Gasteiger partial charge on any atom is 0.417 e. The third kappa shape index (κ3) is 4.88. The second kappa shape index (κ2) is 9.11. The van der Waals surface area contributed by atoms with E-state index >= 15 is 0 Å². The summed E-state index contributed by atoms with van der Waals surface area (Å²) >= 11 is 0. The quantitative estimate of drug-likeness (QED) is 0.254. The minimum atomic E-state index is -5.06. The van der Waals surface area contributed by atoms with E-state index in [0.717, 1.165) is 6.07 Å². The largest absolute Gasteiger partial charge is 0.417 e. The molecule has 2 aliphatic rings. The van der Waals surface area contributed by atoms with Crippen LogP contribution in [0.1, 0.15) is 16.8 Å². The molecule has 2 aromatic carbocycles. The van der Waals surface area contributed by atoms with Crippen molar-refractivity contribution in [1.82, 2.24) is 29.9 Å². The summed E-state index contributed by atoms with van der Waals surface area (Å²) in [5, 5.41) is 11.9. The Hall–Kier alpha value is -4.49. The van der Waals surface area contributed by atoms with Crippen molar-refractivity contribution in [2.45, 2.75) is 18.9 Å². The van der Waals surface area contributed by atoms with E-state index in [4.69, 9.17) is 0 Å². The number of nitrogens with zero attached hydrogens (tertiary/aromatic N) is 6. The van der Waals surface area contributed by atoms with Crippen LogP contribution in [0.25, 0.3) is 34.2 Å². The van der Waals surface area contributed by atoms with E-state index in [-0.39, 0.29) is 41.2 Å². The molecule has 0 saturated heterocycles. The standard InChI is InChI=1S/C24H12F8N6/c25-17-3-1-2-15(20(17)26)21-33-19-8-9-38(37-22(19)34-21)11-13-5-7-18(36-35-13)14-6-4-12(23(27,28)29)10-16(14)24(30,31)32/h1-10H,11H2. The Morgan fingerprint density at radius 2 is 1.50 bits per heavy atom. The van der Waals surface area contributed by atoms with Crippen LogP contribution in [-0.4, -0.2) is 29.9 Å². The van der Waals surface area contributed by atoms with Gasteiger partial charge in [-0.2, -0.15) is 41.6 Å². The molecule has 2 aliphatic heterocycles. The van der Waals surface area contributed by atoms with Crippen molar-refractivity contribution in [3.8, 4) is 34.2 Å². The molecule has 0 bridgehead atoms. The first kappa shape index (κ1) is 25.2. The van der Waals surface area contributed by atoms with E-state index in [1.807, 2.05) is 0 Å². The predicted molar refractivity (Wildman–Crippen MR) is 116 cm³/mol. The van der Waals surface area contributed by atoms with Gasteiger partial charge in [-0.05, 0) is 42.5 Å². The molecule has 0 fully saturated rings. The molecule has 6 nitrogen and oxygen atoms in total. The van der Waals surface area contributed by atoms with E-state index < -0.39 is 40.7 Å². The van der Waals surface area contributed by atoms with Crippen LogP contribution >= 0.6 is 0 Å². The lowest BCUT2D eigenvalue weighted by Gasteiger charge is -2.15. The van der Waals surface area contributed by atoms with Gasteiger partial charge >= 0.3 is 12.4 Å². The van der Waals surface area contributed by atoms with E-state index in [2.05, 4.69) is 25.3 Å². The number of aromatic nitrogens is 6. The molecule has 14 heteroatoms. The Balaban J connectivity index is 1.41. The van der Waals surface area contributed by atoms with Gasteiger partial charge in [0, 0.05) is 11.8 Å². The average molecular weight is 536 g/mol. The summed E-state index contributed by atoms with van der Waals surface area (Å²) in [6.07, 6.45) is -8.51. The average Bonchev–Trinajstić information content (AvgIpc) is 3.28. The highest BCUT2D eigenvalue weighted by molar-refractivity contribution is 5.65. The van der Waals surface area contributed by atoms with Gasteiger partial charge in [0.15, 0.2) is 23.3 Å². The SMILES string of the molecule is Fc1cccc(-c2nc3ccn(Cc4ccc(-c5ccc(C(F)(F)F)cc5C(F)(F)F)nn4)nc-3n2)c1F. The van der Waals surface area contributed by atoms with Gasteiger partial charge in [0.1, 0.15) is 5.69 Å². The molecule has 1 aromatic heterocycles. The van der Waals surface area contributed by atoms with Gasteiger partial charge in [-0.3, -0.25) is 4.68 Å². The maximum atomic E-state index is 14.1. The number of benzene rings is 2. The van der Waals surface area contributed by atoms with Crippen LogP contribution in [-0.2, 0) is 18.9 Å². The first-order valence-corrected chi connectivity index (χ1v) is 10.7. The lowest BCUT2D eigenvalue weighted by molar-refractivity contribution is -0.142. The molecule has 0 N–H and O–H groups in total. The Morgan fingerprint density at radius 3 is 2.18 bits per heavy atom. The van der Waals surface area contributed by atoms with E-state index in [9.17, 15) is 35.1 Å². The van der Waals surface area contributed by atoms with Gasteiger partial charge in [0.2, 0.25) is 0 Å². The minimum Gasteiger partial charge on any atom is -0.264 e. The molecule has 5 rings (SSSR count). The number of hydrogen-bond acceptors (Lipinski definition) is 5. The zero-order chi connectivity index (χ0) is 27.2. The number of fused-ring (bicyclic) bond motifs is 1. The summed E-state index contributed by atoms with van der Waals surface area (Å²) in [5.74, 6) is -2.11. The Labute approximate surface area is 208 Å². The van der Waals surface area contributed by atoms with Crippen LogP contribution in [0.3, 0.4) is 0 Å². The molecule has 0 saturated carbocycles. The molecule has 38 heavy (non-hydrogen) atoms. The summed E-state index contributed by atoms with van der Waals surface area (Å²) in [6.45, 7) is -0.00111. The lowest BCUT2D eigenvalue weighted by Crippen LogP contribution is -2.13. The smallest absolute Gasteiger partial charge is 0.264 e. The fraction of sp³-hybridized carbons (Fsp3) is 0.125. The second-order valence-electron chi connectivity index (χ2n) is 8.04. The first-order valence-electron chi connectivity index (χ1n) is 10.7. The number of alkyl halides is 6. The third-order valence-electron chi connectivity index (χ3n) is 5.46. The minimum absolute atomic E-state index is 0.00111. The second-order valence-corrected chi connectivity index (χ2v) is 8.04. The van der Waals surface area contributed by atoms with Crippen molar-refractivity contribution in [2.75, 3.05) is 0 Å². The molecule has 0 amide bonds. The van der Waals surface area contributed by atoms with Crippen LogP contribution < -0.4 is 0 Å². The fourth-order valence-corrected chi connectivity index (χ4v) is 3.66. The molecular weight excluding hydrogens is 524 g/mol. The van der Waals surface area contributed by atoms with Crippen LogP contribution in [0.5, 0.6) is 0 Å². The van der Waals surface area contributed by atoms with Crippen LogP contribution in [0.4, 0.5) is 35.1 Å². The molecule has 3 heterocycles. The van der Waals surface area contributed by atoms with Crippen LogP contribution in [0.15, 0.2) is 60.8 Å². The number of imidazole rings is 1. The molecule has 0 unspecified atom stereocenters. The molecule has 0 aliphatic carbocycles. The van der Waals surface area contributed by atoms with Gasteiger partial charge < -0.3 is 0 Å². The number of halogens is 8. The summed E-state index contributed by atoms with van der Waals surface area (Å²) in [4.78, 5) is 8.27. The normalized spacial score (nSPS) is 12.3. The highest BCUT2D eigenvalue weighted by Gasteiger charge is 2.38. The van der Waals surface area contributed by atoms with Crippen molar-refractivity contribution in [1.29, 1.82) is 0 Å². The Morgan fingerprint density at radius 1 is 0.711 bits per heavy atom. The van der Waals surface area contributed by atoms with Crippen LogP contribution in [0.2, 0.25) is 0 Å². The van der Waals surface area contributed by atoms with Crippen molar-refractivity contribution in [2.24, 2.45) is 0 Å². The van der Waals surface area contributed by atoms with Gasteiger partial charge in [-0.15, -0.1) is 0 Å². The van der Waals surface area contributed by atoms with Crippen LogP contribution in [0, 0.1) is 11.6 Å². The van der Waals surface area contributed by atoms with Crippen molar-refractivity contribution < 1.29 is 35.1 Å². The third-order valence-corrected chi connectivity index (χ3v) is 5.46. The number of rotatable bonds is 4. The van der Waals surface area contributed by atoms with Gasteiger partial charge in [-0.25, -0.2) is 18.7 Å². The molecular formula is C24H12F8N6. The zero-order valence-corrected chi connectivity index (χ0v) is 18.7. The molecule has 0 spiro atoms. The summed E-state index contributed by atoms with van der Waals surface area (Å²) < 4.78 is 108. The lowest BCUT2D eigenvalue weighted by atomic mass is 10.00. The predicted octanol–water partition coefficient (Wildman–Crippen LogP) is 6.27. The van der Waals surface area contributed by atoms with Crippen molar-refractivity contribution >= 4 is 0 Å². The zero-order valence-electron chi connectivity index (χ0n) is 18.7. The Bertz CT molecular complexity index is 1590. The maximum absolute atomic E-state index is 14.1. The topological polar surface area (TPSA) is 69.4 Å². The molecule has 0 atom stereocenters. The molecule has 194 valence electrons. The monoisotopic (exact) mass is 536 g/mol. The van der Waals surface area contributed by atoms with Crippen molar-refractivity contribution in [3.05, 3.63) is 89.2 Å². The molecule has 0 radical (unpaired) electrons. The molecule has 3 aromatic rings. The van der Waals surface area contributed by atoms with Gasteiger partial charge in [0.05, 0.1) is 34.6 Å². The van der Waals surface area contributed by atoms with Crippen molar-refractivity contribution in [3.63, 3.8) is 0 Å². The highest BCUT2D eigenvalue weighted by Crippen LogP contribution is 2.40. The Kier molecular flexibility index (Phi) is 6.04. The van der Waals surface area contributed by atoms with Gasteiger partial charge in [-0.1, -0.05) is 12.1 Å². The summed E-state index contributed by atoms with van der Waals surface area (Å²) in [5.41, 5.74) is -3.32. The van der Waals surface area contributed by atoms with Gasteiger partial charge in [0.25, 0.3) is 0 Å². The van der Waals surface area contributed by atoms with E-state index in [1.54, 1.807) is 0 Å². The fourth-order valence-electron chi connectivity index (χ4n) is 3.66. The number of hydrogen-bond donors (Lipinski definition) is 0. The van der Waals surface area contributed by atoms with E-state index in [1.165, 1.54) is 41.2 Å². The first-order chi connectivity index (χ1) is 17.9. The van der Waals surface area contributed by atoms with E-state index in [0.29, 0.717) is 17.8 Å². The summed E-state index contributed by atoms with van der Waals surface area (Å²) in [6, 6.07) is 8.94.